The zero-order chi connectivity index (χ0) is 16.4. The average molecular weight is 309 g/mol. The SMILES string of the molecule is Cc1ccc2c(c1)-c1ccnc(c1)[C@@H](N)CCC[C@@H](C)C(=O)N2. The molecule has 0 radical (unpaired) electrons. The van der Waals surface area contributed by atoms with Crippen LogP contribution in [0, 0.1) is 12.8 Å². The number of hydrogen-bond acceptors (Lipinski definition) is 3. The molecule has 2 aromatic rings. The fourth-order valence-electron chi connectivity index (χ4n) is 3.00. The molecule has 1 aromatic heterocycles. The van der Waals surface area contributed by atoms with Crippen molar-refractivity contribution in [2.45, 2.75) is 39.2 Å². The molecule has 2 bridgehead atoms. The predicted molar refractivity (Wildman–Crippen MR) is 93.0 cm³/mol. The second-order valence-corrected chi connectivity index (χ2v) is 6.45. The number of anilines is 1. The van der Waals surface area contributed by atoms with Gasteiger partial charge in [0.15, 0.2) is 0 Å². The van der Waals surface area contributed by atoms with E-state index in [0.717, 1.165) is 47.3 Å². The number of nitrogens with one attached hydrogen (secondary N) is 1. The molecule has 23 heavy (non-hydrogen) atoms. The van der Waals surface area contributed by atoms with Gasteiger partial charge < -0.3 is 11.1 Å². The summed E-state index contributed by atoms with van der Waals surface area (Å²) in [5.41, 5.74) is 11.3. The van der Waals surface area contributed by atoms with Crippen molar-refractivity contribution in [2.75, 3.05) is 5.32 Å². The van der Waals surface area contributed by atoms with Gasteiger partial charge in [0.1, 0.15) is 0 Å². The Morgan fingerprint density at radius 1 is 1.22 bits per heavy atom. The number of aryl methyl sites for hydroxylation is 1. The van der Waals surface area contributed by atoms with Crippen LogP contribution in [-0.4, -0.2) is 10.9 Å². The van der Waals surface area contributed by atoms with E-state index in [2.05, 4.69) is 23.3 Å². The molecule has 0 aliphatic carbocycles. The molecule has 0 fully saturated rings. The molecule has 2 heterocycles. The highest BCUT2D eigenvalue weighted by Crippen LogP contribution is 2.32. The summed E-state index contributed by atoms with van der Waals surface area (Å²) in [6, 6.07) is 10.0. The first-order chi connectivity index (χ1) is 11.0. The molecule has 1 aliphatic rings. The number of amides is 1. The molecule has 0 saturated carbocycles. The highest BCUT2D eigenvalue weighted by molar-refractivity contribution is 5.96. The van der Waals surface area contributed by atoms with Crippen molar-refractivity contribution in [3.05, 3.63) is 47.8 Å². The summed E-state index contributed by atoms with van der Waals surface area (Å²) >= 11 is 0. The Morgan fingerprint density at radius 3 is 2.87 bits per heavy atom. The standard InChI is InChI=1S/C19H23N3O/c1-12-6-7-17-15(10-12)14-8-9-21-18(11-14)16(20)5-3-4-13(2)19(23)22-17/h6-11,13,16H,3-5,20H2,1-2H3,(H,22,23)/t13-,16+/m1/s1. The van der Waals surface area contributed by atoms with Crippen LogP contribution in [0.1, 0.15) is 43.5 Å². The molecule has 0 spiro atoms. The lowest BCUT2D eigenvalue weighted by atomic mass is 9.95. The van der Waals surface area contributed by atoms with Gasteiger partial charge in [-0.2, -0.15) is 0 Å². The van der Waals surface area contributed by atoms with E-state index in [9.17, 15) is 4.79 Å². The third-order valence-electron chi connectivity index (χ3n) is 4.50. The molecule has 3 N–H and O–H groups in total. The Balaban J connectivity index is 2.12. The molecule has 120 valence electrons. The van der Waals surface area contributed by atoms with Gasteiger partial charge in [-0.15, -0.1) is 0 Å². The number of carbonyl (C=O) groups excluding carboxylic acids is 1. The normalized spacial score (nSPS) is 21.6. The first kappa shape index (κ1) is 15.7. The van der Waals surface area contributed by atoms with E-state index in [1.807, 2.05) is 31.2 Å². The Morgan fingerprint density at radius 2 is 2.04 bits per heavy atom. The minimum absolute atomic E-state index is 0.0259. The van der Waals surface area contributed by atoms with Crippen molar-refractivity contribution in [3.63, 3.8) is 0 Å². The van der Waals surface area contributed by atoms with E-state index >= 15 is 0 Å². The third-order valence-corrected chi connectivity index (χ3v) is 4.50. The van der Waals surface area contributed by atoms with Gasteiger partial charge in [-0.1, -0.05) is 25.0 Å². The minimum Gasteiger partial charge on any atom is -0.325 e. The molecule has 2 atom stereocenters. The lowest BCUT2D eigenvalue weighted by Crippen LogP contribution is -2.22. The summed E-state index contributed by atoms with van der Waals surface area (Å²) in [5.74, 6) is 0.0422. The Hall–Kier alpha value is -2.20. The van der Waals surface area contributed by atoms with Gasteiger partial charge in [0.05, 0.1) is 5.69 Å². The maximum atomic E-state index is 12.4. The van der Waals surface area contributed by atoms with Crippen LogP contribution < -0.4 is 11.1 Å². The van der Waals surface area contributed by atoms with Crippen molar-refractivity contribution in [3.8, 4) is 11.1 Å². The molecule has 3 rings (SSSR count). The summed E-state index contributed by atoms with van der Waals surface area (Å²) in [6.07, 6.45) is 4.39. The summed E-state index contributed by atoms with van der Waals surface area (Å²) in [5, 5.41) is 3.08. The van der Waals surface area contributed by atoms with Gasteiger partial charge in [-0.3, -0.25) is 9.78 Å². The molecule has 1 aliphatic heterocycles. The number of pyridine rings is 1. The second kappa shape index (κ2) is 6.50. The number of nitrogens with two attached hydrogens (primary N) is 1. The van der Waals surface area contributed by atoms with Crippen LogP contribution >= 0.6 is 0 Å². The van der Waals surface area contributed by atoms with Crippen molar-refractivity contribution in [2.24, 2.45) is 11.7 Å². The van der Waals surface area contributed by atoms with Crippen molar-refractivity contribution < 1.29 is 4.79 Å². The Bertz CT molecular complexity index is 726. The van der Waals surface area contributed by atoms with Crippen LogP contribution in [0.5, 0.6) is 0 Å². The van der Waals surface area contributed by atoms with Gasteiger partial charge in [-0.05, 0) is 49.6 Å². The first-order valence-electron chi connectivity index (χ1n) is 8.18. The van der Waals surface area contributed by atoms with E-state index < -0.39 is 0 Å². The maximum Gasteiger partial charge on any atom is 0.227 e. The van der Waals surface area contributed by atoms with Crippen LogP contribution in [0.3, 0.4) is 0 Å². The summed E-state index contributed by atoms with van der Waals surface area (Å²) in [6.45, 7) is 4.02. The number of nitrogens with zero attached hydrogens (tertiary/aromatic N) is 1. The van der Waals surface area contributed by atoms with E-state index in [1.54, 1.807) is 6.20 Å². The quantitative estimate of drug-likeness (QED) is 0.777. The Kier molecular flexibility index (Phi) is 4.44. The van der Waals surface area contributed by atoms with Crippen LogP contribution in [0.4, 0.5) is 5.69 Å². The molecular formula is C19H23N3O. The minimum atomic E-state index is -0.0853. The predicted octanol–water partition coefficient (Wildman–Crippen LogP) is 3.82. The number of benzene rings is 1. The van der Waals surface area contributed by atoms with Crippen LogP contribution in [0.2, 0.25) is 0 Å². The number of hydrogen-bond donors (Lipinski definition) is 2. The lowest BCUT2D eigenvalue weighted by molar-refractivity contribution is -0.119. The fraction of sp³-hybridized carbons (Fsp3) is 0.368. The number of rotatable bonds is 0. The molecule has 0 unspecified atom stereocenters. The van der Waals surface area contributed by atoms with Crippen LogP contribution in [0.15, 0.2) is 36.5 Å². The van der Waals surface area contributed by atoms with Gasteiger partial charge >= 0.3 is 0 Å². The second-order valence-electron chi connectivity index (χ2n) is 6.45. The smallest absolute Gasteiger partial charge is 0.227 e. The third kappa shape index (κ3) is 3.42. The summed E-state index contributed by atoms with van der Waals surface area (Å²) in [4.78, 5) is 16.9. The van der Waals surface area contributed by atoms with Gasteiger partial charge in [-0.25, -0.2) is 0 Å². The Labute approximate surface area is 137 Å². The zero-order valence-electron chi connectivity index (χ0n) is 13.7. The van der Waals surface area contributed by atoms with E-state index in [0.29, 0.717) is 0 Å². The molecule has 0 saturated heterocycles. The van der Waals surface area contributed by atoms with Crippen LogP contribution in [-0.2, 0) is 4.79 Å². The first-order valence-corrected chi connectivity index (χ1v) is 8.18. The van der Waals surface area contributed by atoms with E-state index in [1.165, 1.54) is 0 Å². The van der Waals surface area contributed by atoms with E-state index in [4.69, 9.17) is 5.73 Å². The maximum absolute atomic E-state index is 12.4. The summed E-state index contributed by atoms with van der Waals surface area (Å²) in [7, 11) is 0. The topological polar surface area (TPSA) is 68.0 Å². The molecule has 4 nitrogen and oxygen atoms in total. The number of fused-ring (bicyclic) bond motifs is 4. The van der Waals surface area contributed by atoms with Crippen molar-refractivity contribution in [1.29, 1.82) is 0 Å². The van der Waals surface area contributed by atoms with Crippen molar-refractivity contribution in [1.82, 2.24) is 4.98 Å². The molecule has 1 amide bonds. The molecular weight excluding hydrogens is 286 g/mol. The van der Waals surface area contributed by atoms with E-state index in [-0.39, 0.29) is 17.9 Å². The zero-order valence-corrected chi connectivity index (χ0v) is 13.7. The molecule has 4 heteroatoms. The van der Waals surface area contributed by atoms with Crippen LogP contribution in [0.25, 0.3) is 11.1 Å². The summed E-state index contributed by atoms with van der Waals surface area (Å²) < 4.78 is 0. The molecule has 1 aromatic carbocycles. The number of carbonyl (C=O) groups is 1. The van der Waals surface area contributed by atoms with Crippen molar-refractivity contribution >= 4 is 11.6 Å². The number of aromatic nitrogens is 1. The van der Waals surface area contributed by atoms with Gasteiger partial charge in [0, 0.05) is 29.4 Å². The average Bonchev–Trinajstić information content (AvgIpc) is 2.55. The van der Waals surface area contributed by atoms with Gasteiger partial charge in [0.25, 0.3) is 0 Å². The largest absolute Gasteiger partial charge is 0.325 e. The van der Waals surface area contributed by atoms with Gasteiger partial charge in [0.2, 0.25) is 5.91 Å². The lowest BCUT2D eigenvalue weighted by Gasteiger charge is -2.19. The fourth-order valence-corrected chi connectivity index (χ4v) is 3.00. The monoisotopic (exact) mass is 309 g/mol. The highest BCUT2D eigenvalue weighted by Gasteiger charge is 2.18. The highest BCUT2D eigenvalue weighted by atomic mass is 16.1.